The van der Waals surface area contributed by atoms with Crippen LogP contribution >= 0.6 is 11.6 Å². The smallest absolute Gasteiger partial charge is 0.144 e. The number of halogens is 1. The molecule has 0 aliphatic carbocycles. The normalized spacial score (nSPS) is 20.5. The number of likely N-dealkylation sites (tertiary alicyclic amines) is 1. The van der Waals surface area contributed by atoms with Gasteiger partial charge in [-0.3, -0.25) is 4.90 Å². The minimum absolute atomic E-state index is 0.275. The zero-order valence-electron chi connectivity index (χ0n) is 10.8. The van der Waals surface area contributed by atoms with E-state index in [9.17, 15) is 0 Å². The lowest BCUT2D eigenvalue weighted by Gasteiger charge is -2.23. The predicted octanol–water partition coefficient (Wildman–Crippen LogP) is 2.18. The Labute approximate surface area is 113 Å². The van der Waals surface area contributed by atoms with Crippen LogP contribution in [0, 0.1) is 6.92 Å². The van der Waals surface area contributed by atoms with Crippen molar-refractivity contribution in [2.24, 2.45) is 0 Å². The molecule has 1 aromatic heterocycles. The van der Waals surface area contributed by atoms with Crippen LogP contribution < -0.4 is 0 Å². The number of aryl methyl sites for hydroxylation is 1. The van der Waals surface area contributed by atoms with Crippen LogP contribution in [0.4, 0.5) is 0 Å². The molecule has 100 valence electrons. The predicted molar refractivity (Wildman–Crippen MR) is 71.5 cm³/mol. The van der Waals surface area contributed by atoms with Crippen molar-refractivity contribution in [2.45, 2.75) is 45.2 Å². The minimum Gasteiger partial charge on any atom is -0.396 e. The summed E-state index contributed by atoms with van der Waals surface area (Å²) in [5.74, 6) is 0.802. The second-order valence-electron chi connectivity index (χ2n) is 4.88. The van der Waals surface area contributed by atoms with Gasteiger partial charge in [-0.2, -0.15) is 0 Å². The van der Waals surface area contributed by atoms with Gasteiger partial charge < -0.3 is 5.11 Å². The van der Waals surface area contributed by atoms with Crippen LogP contribution in [0.1, 0.15) is 37.2 Å². The fraction of sp³-hybridized carbons (Fsp3) is 0.692. The SMILES string of the molecule is Cc1cc(Cl)nc(CN2CCCC2CCCO)n1. The highest BCUT2D eigenvalue weighted by Gasteiger charge is 2.24. The Bertz CT molecular complexity index is 380. The largest absolute Gasteiger partial charge is 0.396 e. The molecule has 0 radical (unpaired) electrons. The number of rotatable bonds is 5. The molecule has 1 N–H and O–H groups in total. The average Bonchev–Trinajstić information content (AvgIpc) is 2.72. The first kappa shape index (κ1) is 13.7. The van der Waals surface area contributed by atoms with Gasteiger partial charge in [0.1, 0.15) is 11.0 Å². The van der Waals surface area contributed by atoms with Gasteiger partial charge in [-0.25, -0.2) is 9.97 Å². The molecule has 0 aromatic carbocycles. The molecule has 1 fully saturated rings. The summed E-state index contributed by atoms with van der Waals surface area (Å²) in [4.78, 5) is 11.1. The van der Waals surface area contributed by atoms with Gasteiger partial charge in [0, 0.05) is 18.3 Å². The van der Waals surface area contributed by atoms with Crippen LogP contribution in [0.3, 0.4) is 0 Å². The van der Waals surface area contributed by atoms with Crippen molar-refractivity contribution in [1.29, 1.82) is 0 Å². The molecule has 1 aliphatic rings. The van der Waals surface area contributed by atoms with E-state index in [1.165, 1.54) is 12.8 Å². The maximum atomic E-state index is 8.91. The van der Waals surface area contributed by atoms with E-state index in [1.807, 2.05) is 6.92 Å². The lowest BCUT2D eigenvalue weighted by Crippen LogP contribution is -2.30. The van der Waals surface area contributed by atoms with Gasteiger partial charge in [0.2, 0.25) is 0 Å². The Morgan fingerprint density at radius 3 is 3.06 bits per heavy atom. The molecule has 1 aromatic rings. The van der Waals surface area contributed by atoms with Gasteiger partial charge in [-0.05, 0) is 45.2 Å². The number of aliphatic hydroxyl groups excluding tert-OH is 1. The Morgan fingerprint density at radius 2 is 2.33 bits per heavy atom. The van der Waals surface area contributed by atoms with Crippen molar-refractivity contribution < 1.29 is 5.11 Å². The number of nitrogens with zero attached hydrogens (tertiary/aromatic N) is 3. The Hall–Kier alpha value is -0.710. The Balaban J connectivity index is 1.98. The molecule has 4 nitrogen and oxygen atoms in total. The van der Waals surface area contributed by atoms with Crippen molar-refractivity contribution in [1.82, 2.24) is 14.9 Å². The molecule has 1 atom stereocenters. The maximum Gasteiger partial charge on any atom is 0.144 e. The van der Waals surface area contributed by atoms with Crippen molar-refractivity contribution in [3.8, 4) is 0 Å². The van der Waals surface area contributed by atoms with Crippen LogP contribution in [0.25, 0.3) is 0 Å². The first-order chi connectivity index (χ1) is 8.69. The summed E-state index contributed by atoms with van der Waals surface area (Å²) in [5.41, 5.74) is 0.913. The van der Waals surface area contributed by atoms with Gasteiger partial charge in [-0.1, -0.05) is 11.6 Å². The second-order valence-corrected chi connectivity index (χ2v) is 5.27. The highest BCUT2D eigenvalue weighted by molar-refractivity contribution is 6.29. The van der Waals surface area contributed by atoms with Gasteiger partial charge >= 0.3 is 0 Å². The number of aliphatic hydroxyl groups is 1. The number of hydrogen-bond donors (Lipinski definition) is 1. The van der Waals surface area contributed by atoms with Crippen LogP contribution in [0.2, 0.25) is 5.15 Å². The fourth-order valence-electron chi connectivity index (χ4n) is 2.60. The molecule has 0 saturated carbocycles. The van der Waals surface area contributed by atoms with Gasteiger partial charge in [0.25, 0.3) is 0 Å². The Kier molecular flexibility index (Phi) is 4.92. The van der Waals surface area contributed by atoms with E-state index in [0.29, 0.717) is 11.2 Å². The summed E-state index contributed by atoms with van der Waals surface area (Å²) in [6.07, 6.45) is 4.35. The molecule has 5 heteroatoms. The standard InChI is InChI=1S/C13H20ClN3O/c1-10-8-12(14)16-13(15-10)9-17-6-2-4-11(17)5-3-7-18/h8,11,18H,2-7,9H2,1H3. The molecule has 0 amide bonds. The third kappa shape index (κ3) is 3.64. The molecule has 0 bridgehead atoms. The quantitative estimate of drug-likeness (QED) is 0.833. The molecule has 1 aliphatic heterocycles. The van der Waals surface area contributed by atoms with Crippen molar-refractivity contribution in [3.63, 3.8) is 0 Å². The molecular formula is C13H20ClN3O. The van der Waals surface area contributed by atoms with Crippen molar-refractivity contribution >= 4 is 11.6 Å². The van der Waals surface area contributed by atoms with E-state index < -0.39 is 0 Å². The summed E-state index contributed by atoms with van der Waals surface area (Å²) in [7, 11) is 0. The number of hydrogen-bond acceptors (Lipinski definition) is 4. The highest BCUT2D eigenvalue weighted by Crippen LogP contribution is 2.23. The van der Waals surface area contributed by atoms with E-state index >= 15 is 0 Å². The topological polar surface area (TPSA) is 49.2 Å². The molecule has 18 heavy (non-hydrogen) atoms. The molecule has 2 rings (SSSR count). The van der Waals surface area contributed by atoms with Crippen LogP contribution in [0.15, 0.2) is 6.07 Å². The van der Waals surface area contributed by atoms with Crippen LogP contribution in [-0.2, 0) is 6.54 Å². The van der Waals surface area contributed by atoms with Gasteiger partial charge in [-0.15, -0.1) is 0 Å². The van der Waals surface area contributed by atoms with E-state index in [4.69, 9.17) is 16.7 Å². The zero-order valence-corrected chi connectivity index (χ0v) is 11.5. The second kappa shape index (κ2) is 6.45. The first-order valence-electron chi connectivity index (χ1n) is 6.54. The summed E-state index contributed by atoms with van der Waals surface area (Å²) in [5, 5.41) is 9.43. The number of aromatic nitrogens is 2. The zero-order chi connectivity index (χ0) is 13.0. The summed E-state index contributed by atoms with van der Waals surface area (Å²) >= 11 is 5.95. The highest BCUT2D eigenvalue weighted by atomic mass is 35.5. The monoisotopic (exact) mass is 269 g/mol. The van der Waals surface area contributed by atoms with Crippen LogP contribution in [0.5, 0.6) is 0 Å². The third-order valence-corrected chi connectivity index (χ3v) is 3.60. The first-order valence-corrected chi connectivity index (χ1v) is 6.92. The van der Waals surface area contributed by atoms with Gasteiger partial charge in [0.05, 0.1) is 6.54 Å². The Morgan fingerprint density at radius 1 is 1.50 bits per heavy atom. The maximum absolute atomic E-state index is 8.91. The molecule has 1 unspecified atom stereocenters. The van der Waals surface area contributed by atoms with E-state index in [2.05, 4.69) is 14.9 Å². The molecule has 1 saturated heterocycles. The van der Waals surface area contributed by atoms with E-state index in [-0.39, 0.29) is 6.61 Å². The van der Waals surface area contributed by atoms with E-state index in [0.717, 1.165) is 37.4 Å². The summed E-state index contributed by atoms with van der Waals surface area (Å²) in [6, 6.07) is 2.33. The molecule has 0 spiro atoms. The van der Waals surface area contributed by atoms with Crippen molar-refractivity contribution in [3.05, 3.63) is 22.7 Å². The third-order valence-electron chi connectivity index (χ3n) is 3.41. The lowest BCUT2D eigenvalue weighted by molar-refractivity contribution is 0.206. The van der Waals surface area contributed by atoms with Crippen molar-refractivity contribution in [2.75, 3.05) is 13.2 Å². The lowest BCUT2D eigenvalue weighted by atomic mass is 10.1. The molecule has 2 heterocycles. The molecular weight excluding hydrogens is 250 g/mol. The van der Waals surface area contributed by atoms with Crippen LogP contribution in [-0.4, -0.2) is 39.2 Å². The van der Waals surface area contributed by atoms with Gasteiger partial charge in [0.15, 0.2) is 0 Å². The summed E-state index contributed by atoms with van der Waals surface area (Å²) < 4.78 is 0. The van der Waals surface area contributed by atoms with E-state index in [1.54, 1.807) is 6.07 Å². The average molecular weight is 270 g/mol. The minimum atomic E-state index is 0.275. The fourth-order valence-corrected chi connectivity index (χ4v) is 2.85. The summed E-state index contributed by atoms with van der Waals surface area (Å²) in [6.45, 7) is 4.06.